The van der Waals surface area contributed by atoms with Gasteiger partial charge in [0.1, 0.15) is 0 Å². The third-order valence-electron chi connectivity index (χ3n) is 5.43. The summed E-state index contributed by atoms with van der Waals surface area (Å²) in [6.45, 7) is 1.45. The predicted molar refractivity (Wildman–Crippen MR) is 139 cm³/mol. The maximum absolute atomic E-state index is 13.2. The van der Waals surface area contributed by atoms with Crippen molar-refractivity contribution in [3.05, 3.63) is 72.4 Å². The van der Waals surface area contributed by atoms with Crippen LogP contribution in [0.4, 0.5) is 10.8 Å². The molecule has 166 valence electrons. The topological polar surface area (TPSA) is 99.8 Å². The Morgan fingerprint density at radius 2 is 1.79 bits per heavy atom. The first-order chi connectivity index (χ1) is 16.5. The van der Waals surface area contributed by atoms with Crippen LogP contribution < -0.4 is 10.6 Å². The van der Waals surface area contributed by atoms with Crippen molar-refractivity contribution in [1.29, 1.82) is 0 Å². The lowest BCUT2D eigenvalue weighted by Crippen LogP contribution is -2.11. The van der Waals surface area contributed by atoms with Crippen LogP contribution in [0.15, 0.2) is 66.9 Å². The summed E-state index contributed by atoms with van der Waals surface area (Å²) in [5.74, 6) is -0.381. The highest BCUT2D eigenvalue weighted by molar-refractivity contribution is 7.22. The SMILES string of the molecule is CC(=O)Nc1nc2ccc(NC(=O)c3cc(-c4cc5ccccc5s4)c4[nH]ncc4c3)cc2s1. The van der Waals surface area contributed by atoms with Crippen molar-refractivity contribution in [3.8, 4) is 10.4 Å². The van der Waals surface area contributed by atoms with Gasteiger partial charge in [0, 0.05) is 38.7 Å². The van der Waals surface area contributed by atoms with Crippen LogP contribution in [0.2, 0.25) is 0 Å². The van der Waals surface area contributed by atoms with Crippen LogP contribution in [0.1, 0.15) is 17.3 Å². The second-order valence-corrected chi connectivity index (χ2v) is 9.96. The number of nitrogens with zero attached hydrogens (tertiary/aromatic N) is 2. The number of nitrogens with one attached hydrogen (secondary N) is 3. The van der Waals surface area contributed by atoms with Crippen LogP contribution in [0.25, 0.3) is 41.6 Å². The molecule has 0 aliphatic rings. The number of benzene rings is 3. The zero-order chi connectivity index (χ0) is 23.2. The molecule has 3 N–H and O–H groups in total. The van der Waals surface area contributed by atoms with Crippen molar-refractivity contribution >= 4 is 76.5 Å². The molecule has 9 heteroatoms. The molecule has 0 aliphatic carbocycles. The Labute approximate surface area is 201 Å². The molecule has 0 atom stereocenters. The van der Waals surface area contributed by atoms with E-state index in [0.29, 0.717) is 16.4 Å². The monoisotopic (exact) mass is 483 g/mol. The number of amides is 2. The van der Waals surface area contributed by atoms with E-state index >= 15 is 0 Å². The van der Waals surface area contributed by atoms with Gasteiger partial charge in [-0.25, -0.2) is 4.98 Å². The average Bonchev–Trinajstić information content (AvgIpc) is 3.54. The Morgan fingerprint density at radius 3 is 2.65 bits per heavy atom. The lowest BCUT2D eigenvalue weighted by Gasteiger charge is -2.08. The normalized spacial score (nSPS) is 11.3. The van der Waals surface area contributed by atoms with Crippen molar-refractivity contribution in [2.45, 2.75) is 6.92 Å². The summed E-state index contributed by atoms with van der Waals surface area (Å²) < 4.78 is 2.06. The summed E-state index contributed by atoms with van der Waals surface area (Å²) in [4.78, 5) is 30.0. The molecule has 0 unspecified atom stereocenters. The molecule has 6 rings (SSSR count). The number of thiazole rings is 1. The fourth-order valence-electron chi connectivity index (χ4n) is 3.91. The molecule has 0 saturated carbocycles. The minimum Gasteiger partial charge on any atom is -0.322 e. The Bertz CT molecular complexity index is 1700. The first-order valence-corrected chi connectivity index (χ1v) is 12.1. The Balaban J connectivity index is 1.35. The molecule has 0 radical (unpaired) electrons. The molecule has 2 amide bonds. The second kappa shape index (κ2) is 8.05. The Morgan fingerprint density at radius 1 is 0.912 bits per heavy atom. The minimum absolute atomic E-state index is 0.170. The van der Waals surface area contributed by atoms with E-state index in [2.05, 4.69) is 44.0 Å². The summed E-state index contributed by atoms with van der Waals surface area (Å²) in [6, 6.07) is 19.6. The van der Waals surface area contributed by atoms with Crippen molar-refractivity contribution in [2.75, 3.05) is 10.6 Å². The summed E-state index contributed by atoms with van der Waals surface area (Å²) in [5, 5.41) is 15.5. The van der Waals surface area contributed by atoms with E-state index in [4.69, 9.17) is 0 Å². The molecule has 3 aromatic carbocycles. The number of hydrogen-bond acceptors (Lipinski definition) is 6. The van der Waals surface area contributed by atoms with Crippen LogP contribution in [-0.2, 0) is 4.79 Å². The van der Waals surface area contributed by atoms with Gasteiger partial charge in [0.15, 0.2) is 5.13 Å². The van der Waals surface area contributed by atoms with Crippen LogP contribution in [0, 0.1) is 0 Å². The van der Waals surface area contributed by atoms with Crippen molar-refractivity contribution in [3.63, 3.8) is 0 Å². The van der Waals surface area contributed by atoms with Crippen LogP contribution in [-0.4, -0.2) is 27.0 Å². The van der Waals surface area contributed by atoms with E-state index in [1.54, 1.807) is 23.6 Å². The van der Waals surface area contributed by atoms with E-state index in [0.717, 1.165) is 31.6 Å². The molecular formula is C25H17N5O2S2. The quantitative estimate of drug-likeness (QED) is 0.275. The number of carbonyl (C=O) groups excluding carboxylic acids is 2. The van der Waals surface area contributed by atoms with Crippen molar-refractivity contribution in [1.82, 2.24) is 15.2 Å². The largest absolute Gasteiger partial charge is 0.322 e. The molecule has 3 heterocycles. The van der Waals surface area contributed by atoms with Crippen LogP contribution in [0.5, 0.6) is 0 Å². The van der Waals surface area contributed by atoms with Gasteiger partial charge in [0.05, 0.1) is 21.9 Å². The zero-order valence-corrected chi connectivity index (χ0v) is 19.5. The highest BCUT2D eigenvalue weighted by atomic mass is 32.1. The first-order valence-electron chi connectivity index (χ1n) is 10.5. The highest BCUT2D eigenvalue weighted by Crippen LogP contribution is 2.37. The molecular weight excluding hydrogens is 466 g/mol. The smallest absolute Gasteiger partial charge is 0.255 e. The molecule has 3 aromatic heterocycles. The maximum Gasteiger partial charge on any atom is 0.255 e. The number of fused-ring (bicyclic) bond motifs is 3. The predicted octanol–water partition coefficient (Wildman–Crippen LogP) is 6.27. The van der Waals surface area contributed by atoms with Gasteiger partial charge in [-0.15, -0.1) is 11.3 Å². The molecule has 0 saturated heterocycles. The van der Waals surface area contributed by atoms with Gasteiger partial charge < -0.3 is 10.6 Å². The molecule has 0 fully saturated rings. The summed E-state index contributed by atoms with van der Waals surface area (Å²) in [6.07, 6.45) is 1.73. The molecule has 0 bridgehead atoms. The lowest BCUT2D eigenvalue weighted by molar-refractivity contribution is -0.114. The number of aromatic amines is 1. The summed E-state index contributed by atoms with van der Waals surface area (Å²) in [7, 11) is 0. The van der Waals surface area contributed by atoms with Gasteiger partial charge in [0.25, 0.3) is 5.91 Å². The Hall–Kier alpha value is -4.08. The second-order valence-electron chi connectivity index (χ2n) is 7.84. The number of thiophene rings is 1. The van der Waals surface area contributed by atoms with Gasteiger partial charge in [-0.1, -0.05) is 29.5 Å². The first kappa shape index (κ1) is 20.5. The molecule has 0 aliphatic heterocycles. The third kappa shape index (κ3) is 3.70. The molecule has 7 nitrogen and oxygen atoms in total. The maximum atomic E-state index is 13.2. The number of rotatable bonds is 4. The fraction of sp³-hybridized carbons (Fsp3) is 0.0400. The van der Waals surface area contributed by atoms with Gasteiger partial charge in [-0.2, -0.15) is 5.10 Å². The number of aromatic nitrogens is 3. The third-order valence-corrected chi connectivity index (χ3v) is 7.51. The Kier molecular flexibility index (Phi) is 4.86. The van der Waals surface area contributed by atoms with Gasteiger partial charge >= 0.3 is 0 Å². The minimum atomic E-state index is -0.212. The number of carbonyl (C=O) groups is 2. The summed E-state index contributed by atoms with van der Waals surface area (Å²) in [5.41, 5.74) is 3.81. The van der Waals surface area contributed by atoms with E-state index < -0.39 is 0 Å². The van der Waals surface area contributed by atoms with Crippen LogP contribution in [0.3, 0.4) is 0 Å². The van der Waals surface area contributed by atoms with Crippen LogP contribution >= 0.6 is 22.7 Å². The number of H-pyrrole nitrogens is 1. The summed E-state index contributed by atoms with van der Waals surface area (Å²) >= 11 is 3.05. The highest BCUT2D eigenvalue weighted by Gasteiger charge is 2.16. The standard InChI is InChI=1S/C25H17N5O2S2/c1-13(31)27-25-29-19-7-6-17(11-22(19)34-25)28-24(32)15-8-16-12-26-30-23(16)18(9-15)21-10-14-4-2-3-5-20(14)33-21/h2-12H,1H3,(H,26,30)(H,28,32)(H,27,29,31). The van der Waals surface area contributed by atoms with Crippen molar-refractivity contribution < 1.29 is 9.59 Å². The van der Waals surface area contributed by atoms with E-state index in [1.165, 1.54) is 28.3 Å². The number of hydrogen-bond donors (Lipinski definition) is 3. The van der Waals surface area contributed by atoms with Gasteiger partial charge in [-0.3, -0.25) is 14.7 Å². The van der Waals surface area contributed by atoms with E-state index in [9.17, 15) is 9.59 Å². The zero-order valence-electron chi connectivity index (χ0n) is 17.9. The van der Waals surface area contributed by atoms with Gasteiger partial charge in [0.2, 0.25) is 5.91 Å². The average molecular weight is 484 g/mol. The van der Waals surface area contributed by atoms with E-state index in [1.807, 2.05) is 36.4 Å². The van der Waals surface area contributed by atoms with Crippen molar-refractivity contribution in [2.24, 2.45) is 0 Å². The fourth-order valence-corrected chi connectivity index (χ4v) is 5.94. The number of anilines is 2. The van der Waals surface area contributed by atoms with E-state index in [-0.39, 0.29) is 11.8 Å². The lowest BCUT2D eigenvalue weighted by atomic mass is 10.0. The molecule has 0 spiro atoms. The molecule has 6 aromatic rings. The van der Waals surface area contributed by atoms with Gasteiger partial charge in [-0.05, 0) is 47.9 Å². The molecule has 34 heavy (non-hydrogen) atoms.